The minimum Gasteiger partial charge on any atom is -0.491 e. The number of H-pyrrole nitrogens is 1. The number of rotatable bonds is 8. The van der Waals surface area contributed by atoms with E-state index >= 15 is 0 Å². The first-order valence-electron chi connectivity index (χ1n) is 13.2. The first kappa shape index (κ1) is 26.0. The molecule has 0 aliphatic carbocycles. The van der Waals surface area contributed by atoms with Gasteiger partial charge in [-0.3, -0.25) is 9.59 Å². The normalized spacial score (nSPS) is 15.0. The average Bonchev–Trinajstić information content (AvgIpc) is 3.57. The largest absolute Gasteiger partial charge is 0.491 e. The van der Waals surface area contributed by atoms with E-state index in [1.165, 1.54) is 11.3 Å². The zero-order chi connectivity index (χ0) is 26.6. The van der Waals surface area contributed by atoms with E-state index in [9.17, 15) is 9.59 Å². The van der Waals surface area contributed by atoms with Gasteiger partial charge in [-0.05, 0) is 56.4 Å². The molecule has 2 aromatic heterocycles. The summed E-state index contributed by atoms with van der Waals surface area (Å²) in [6, 6.07) is 14.0. The quantitative estimate of drug-likeness (QED) is 0.320. The number of nitrogens with one attached hydrogen (secondary N) is 2. The smallest absolute Gasteiger partial charge is 0.271 e. The minimum atomic E-state index is -0.184. The highest BCUT2D eigenvalue weighted by molar-refractivity contribution is 7.09. The van der Waals surface area contributed by atoms with Crippen LogP contribution in [0.5, 0.6) is 5.75 Å². The van der Waals surface area contributed by atoms with Crippen molar-refractivity contribution in [2.75, 3.05) is 19.7 Å². The Bertz CT molecular complexity index is 1410. The number of amides is 2. The third-order valence-electron chi connectivity index (χ3n) is 7.23. The number of ether oxygens (including phenoxy) is 1. The van der Waals surface area contributed by atoms with Crippen LogP contribution >= 0.6 is 11.3 Å². The van der Waals surface area contributed by atoms with Crippen LogP contribution in [0.3, 0.4) is 0 Å². The maximum Gasteiger partial charge on any atom is 0.271 e. The fraction of sp³-hybridized carbons (Fsp3) is 0.367. The molecule has 3 heterocycles. The highest BCUT2D eigenvalue weighted by Gasteiger charge is 2.27. The summed E-state index contributed by atoms with van der Waals surface area (Å²) < 4.78 is 5.98. The van der Waals surface area contributed by atoms with Gasteiger partial charge in [-0.1, -0.05) is 36.4 Å². The summed E-state index contributed by atoms with van der Waals surface area (Å²) in [6.07, 6.45) is 4.05. The van der Waals surface area contributed by atoms with Crippen molar-refractivity contribution in [1.82, 2.24) is 20.2 Å². The lowest BCUT2D eigenvalue weighted by atomic mass is 9.97. The molecule has 2 amide bonds. The molecule has 0 spiro atoms. The lowest BCUT2D eigenvalue weighted by Crippen LogP contribution is -2.39. The maximum atomic E-state index is 13.0. The molecule has 1 unspecified atom stereocenters. The number of hydrogen-bond donors (Lipinski definition) is 2. The zero-order valence-corrected chi connectivity index (χ0v) is 22.9. The first-order chi connectivity index (χ1) is 18.4. The number of aromatic amines is 1. The van der Waals surface area contributed by atoms with Crippen LogP contribution in [0.2, 0.25) is 0 Å². The molecule has 1 atom stereocenters. The number of para-hydroxylation sites is 2. The van der Waals surface area contributed by atoms with E-state index in [0.29, 0.717) is 31.8 Å². The number of aryl methyl sites for hydroxylation is 2. The second-order valence-electron chi connectivity index (χ2n) is 10.2. The fourth-order valence-corrected chi connectivity index (χ4v) is 6.05. The molecular weight excluding hydrogens is 496 g/mol. The topological polar surface area (TPSA) is 87.3 Å². The Morgan fingerprint density at radius 3 is 2.63 bits per heavy atom. The molecule has 38 heavy (non-hydrogen) atoms. The number of benzene rings is 2. The number of carbonyl (C=O) groups excluding carboxylic acids is 2. The van der Waals surface area contributed by atoms with Gasteiger partial charge < -0.3 is 19.9 Å². The van der Waals surface area contributed by atoms with Gasteiger partial charge >= 0.3 is 0 Å². The molecule has 1 fully saturated rings. The van der Waals surface area contributed by atoms with Crippen molar-refractivity contribution < 1.29 is 14.3 Å². The van der Waals surface area contributed by atoms with E-state index in [-0.39, 0.29) is 23.8 Å². The third kappa shape index (κ3) is 5.75. The zero-order valence-electron chi connectivity index (χ0n) is 22.1. The van der Waals surface area contributed by atoms with Crippen molar-refractivity contribution in [2.45, 2.75) is 52.0 Å². The standard InChI is InChI=1S/C30H34N4O3S/c1-19-7-6-8-20(2)28(19)37-17-21(3)32-29(36)26-18-38-30(33-26)22-11-13-34(14-12-22)27(35)15-23-16-31-25-10-5-4-9-24(23)25/h4-10,16,18,21-22,31H,11-15,17H2,1-3H3,(H,32,36). The van der Waals surface area contributed by atoms with Crippen molar-refractivity contribution in [2.24, 2.45) is 0 Å². The Balaban J connectivity index is 1.10. The lowest BCUT2D eigenvalue weighted by molar-refractivity contribution is -0.131. The number of nitrogens with zero attached hydrogens (tertiary/aromatic N) is 2. The summed E-state index contributed by atoms with van der Waals surface area (Å²) in [5.41, 5.74) is 4.71. The molecule has 4 aromatic rings. The van der Waals surface area contributed by atoms with E-state index in [0.717, 1.165) is 51.2 Å². The van der Waals surface area contributed by atoms with E-state index in [1.54, 1.807) is 0 Å². The van der Waals surface area contributed by atoms with Crippen LogP contribution < -0.4 is 10.1 Å². The Morgan fingerprint density at radius 1 is 1.13 bits per heavy atom. The van der Waals surface area contributed by atoms with Crippen molar-refractivity contribution in [1.29, 1.82) is 0 Å². The number of hydrogen-bond acceptors (Lipinski definition) is 5. The lowest BCUT2D eigenvalue weighted by Gasteiger charge is -2.31. The summed E-state index contributed by atoms with van der Waals surface area (Å²) in [5.74, 6) is 1.11. The van der Waals surface area contributed by atoms with Gasteiger partial charge in [0.15, 0.2) is 0 Å². The Kier molecular flexibility index (Phi) is 7.79. The number of likely N-dealkylation sites (tertiary alicyclic amines) is 1. The number of piperidine rings is 1. The monoisotopic (exact) mass is 530 g/mol. The number of aromatic nitrogens is 2. The third-order valence-corrected chi connectivity index (χ3v) is 8.24. The fourth-order valence-electron chi connectivity index (χ4n) is 5.08. The molecule has 7 nitrogen and oxygen atoms in total. The van der Waals surface area contributed by atoms with Crippen molar-refractivity contribution in [3.8, 4) is 5.75 Å². The van der Waals surface area contributed by atoms with E-state index in [2.05, 4.69) is 21.4 Å². The van der Waals surface area contributed by atoms with Gasteiger partial charge in [0.05, 0.1) is 17.5 Å². The van der Waals surface area contributed by atoms with Crippen molar-refractivity contribution >= 4 is 34.1 Å². The SMILES string of the molecule is Cc1cccc(C)c1OCC(C)NC(=O)c1csc(C2CCN(C(=O)Cc3c[nH]c4ccccc34)CC2)n1. The van der Waals surface area contributed by atoms with E-state index < -0.39 is 0 Å². The van der Waals surface area contributed by atoms with Crippen LogP contribution in [0, 0.1) is 13.8 Å². The Morgan fingerprint density at radius 2 is 1.87 bits per heavy atom. The van der Waals surface area contributed by atoms with Crippen LogP contribution in [0.15, 0.2) is 54.0 Å². The summed E-state index contributed by atoms with van der Waals surface area (Å²) in [7, 11) is 0. The van der Waals surface area contributed by atoms with E-state index in [4.69, 9.17) is 4.74 Å². The summed E-state index contributed by atoms with van der Waals surface area (Å²) >= 11 is 1.53. The Labute approximate surface area is 227 Å². The molecule has 1 aliphatic rings. The molecule has 2 N–H and O–H groups in total. The van der Waals surface area contributed by atoms with Gasteiger partial charge in [-0.25, -0.2) is 4.98 Å². The van der Waals surface area contributed by atoms with Crippen LogP contribution in [-0.4, -0.2) is 52.4 Å². The van der Waals surface area contributed by atoms with Crippen LogP contribution in [0.25, 0.3) is 10.9 Å². The van der Waals surface area contributed by atoms with Gasteiger partial charge in [-0.15, -0.1) is 11.3 Å². The molecule has 5 rings (SSSR count). The maximum absolute atomic E-state index is 13.0. The molecule has 1 saturated heterocycles. The van der Waals surface area contributed by atoms with Crippen LogP contribution in [0.1, 0.15) is 57.9 Å². The second kappa shape index (κ2) is 11.4. The number of thiazole rings is 1. The molecule has 198 valence electrons. The molecule has 2 aromatic carbocycles. The Hall–Kier alpha value is -3.65. The van der Waals surface area contributed by atoms with Crippen LogP contribution in [-0.2, 0) is 11.2 Å². The van der Waals surface area contributed by atoms with Gasteiger partial charge in [0.25, 0.3) is 5.91 Å². The predicted molar refractivity (Wildman–Crippen MR) is 151 cm³/mol. The summed E-state index contributed by atoms with van der Waals surface area (Å²) in [4.78, 5) is 35.6. The molecule has 0 bridgehead atoms. The number of carbonyl (C=O) groups is 2. The molecule has 8 heteroatoms. The second-order valence-corrected chi connectivity index (χ2v) is 11.1. The van der Waals surface area contributed by atoms with Crippen molar-refractivity contribution in [3.05, 3.63) is 81.4 Å². The van der Waals surface area contributed by atoms with Crippen molar-refractivity contribution in [3.63, 3.8) is 0 Å². The first-order valence-corrected chi connectivity index (χ1v) is 14.0. The van der Waals surface area contributed by atoms with Gasteiger partial charge in [0.1, 0.15) is 18.1 Å². The van der Waals surface area contributed by atoms with Gasteiger partial charge in [0.2, 0.25) is 5.91 Å². The number of fused-ring (bicyclic) bond motifs is 1. The summed E-state index contributed by atoms with van der Waals surface area (Å²) in [5, 5.41) is 6.91. The summed E-state index contributed by atoms with van der Waals surface area (Å²) in [6.45, 7) is 7.78. The van der Waals surface area contributed by atoms with Gasteiger partial charge in [-0.2, -0.15) is 0 Å². The predicted octanol–water partition coefficient (Wildman–Crippen LogP) is 5.39. The van der Waals surface area contributed by atoms with E-state index in [1.807, 2.05) is 73.6 Å². The highest BCUT2D eigenvalue weighted by atomic mass is 32.1. The molecule has 0 radical (unpaired) electrons. The van der Waals surface area contributed by atoms with Crippen LogP contribution in [0.4, 0.5) is 0 Å². The average molecular weight is 531 g/mol. The molecule has 0 saturated carbocycles. The highest BCUT2D eigenvalue weighted by Crippen LogP contribution is 2.31. The van der Waals surface area contributed by atoms with Gasteiger partial charge in [0, 0.05) is 41.5 Å². The minimum absolute atomic E-state index is 0.155. The molecular formula is C30H34N4O3S. The molecule has 1 aliphatic heterocycles.